The van der Waals surface area contributed by atoms with Gasteiger partial charge in [-0.3, -0.25) is 9.69 Å². The molecule has 0 saturated carbocycles. The monoisotopic (exact) mass is 526 g/mol. The first kappa shape index (κ1) is 28.1. The Labute approximate surface area is 220 Å². The van der Waals surface area contributed by atoms with Gasteiger partial charge in [-0.2, -0.15) is 10.4 Å². The van der Waals surface area contributed by atoms with Crippen LogP contribution in [-0.2, 0) is 4.74 Å². The molecule has 4 rings (SSSR count). The molecule has 0 atom stereocenters. The van der Waals surface area contributed by atoms with Crippen molar-refractivity contribution in [3.05, 3.63) is 70.5 Å². The predicted octanol–water partition coefficient (Wildman–Crippen LogP) is 2.26. The number of hydrogen-bond acceptors (Lipinski definition) is 7. The number of ether oxygens (including phenoxy) is 1. The van der Waals surface area contributed by atoms with E-state index in [-0.39, 0.29) is 18.0 Å². The highest BCUT2D eigenvalue weighted by Crippen LogP contribution is 2.26. The van der Waals surface area contributed by atoms with Gasteiger partial charge < -0.3 is 25.5 Å². The number of benzene rings is 2. The van der Waals surface area contributed by atoms with Crippen molar-refractivity contribution in [1.29, 1.82) is 5.26 Å². The van der Waals surface area contributed by atoms with E-state index in [2.05, 4.69) is 26.3 Å². The number of aromatic nitrogens is 2. The third kappa shape index (κ3) is 6.85. The first-order chi connectivity index (χ1) is 17.5. The average Bonchev–Trinajstić information content (AvgIpc) is 3.28. The first-order valence-corrected chi connectivity index (χ1v) is 12.2. The summed E-state index contributed by atoms with van der Waals surface area (Å²) in [4.78, 5) is 17.5. The van der Waals surface area contributed by atoms with Gasteiger partial charge in [0, 0.05) is 43.4 Å². The molecule has 1 aliphatic heterocycles. The lowest BCUT2D eigenvalue weighted by molar-refractivity contribution is 0.0724. The Morgan fingerprint density at radius 2 is 1.89 bits per heavy atom. The maximum absolute atomic E-state index is 13.0. The van der Waals surface area contributed by atoms with Gasteiger partial charge in [-0.05, 0) is 49.4 Å². The minimum Gasteiger partial charge on any atom is -0.412 e. The summed E-state index contributed by atoms with van der Waals surface area (Å²) in [5.74, 6) is -0.290. The van der Waals surface area contributed by atoms with Crippen LogP contribution in [0.5, 0.6) is 0 Å². The van der Waals surface area contributed by atoms with Crippen molar-refractivity contribution < 1.29 is 20.1 Å². The molecule has 1 amide bonds. The van der Waals surface area contributed by atoms with Gasteiger partial charge in [0.1, 0.15) is 6.07 Å². The fourth-order valence-corrected chi connectivity index (χ4v) is 4.35. The van der Waals surface area contributed by atoms with Crippen LogP contribution in [0.15, 0.2) is 48.7 Å². The van der Waals surface area contributed by atoms with E-state index in [9.17, 15) is 10.1 Å². The standard InChI is InChI=1S/C26H29ClN6O3.H2O/c1-19-24(18-29-33(19)23-5-2-21(27)3-6-23)26(35)30-22-4-7-25(20(16-22)17-28)32-10-8-31(9-11-32)12-14-36-15-13-34;/h2-7,16,18,34H,8-15H2,1H3,(H,30,35);1H2. The number of carbonyl (C=O) groups excluding carboxylic acids is 1. The molecule has 10 nitrogen and oxygen atoms in total. The Morgan fingerprint density at radius 3 is 2.57 bits per heavy atom. The van der Waals surface area contributed by atoms with Crippen LogP contribution < -0.4 is 10.2 Å². The summed E-state index contributed by atoms with van der Waals surface area (Å²) in [6, 6.07) is 14.9. The summed E-state index contributed by atoms with van der Waals surface area (Å²) in [5.41, 5.74) is 3.89. The molecule has 0 radical (unpaired) electrons. The first-order valence-electron chi connectivity index (χ1n) is 11.8. The summed E-state index contributed by atoms with van der Waals surface area (Å²) in [6.07, 6.45) is 1.53. The molecule has 1 saturated heterocycles. The summed E-state index contributed by atoms with van der Waals surface area (Å²) >= 11 is 5.97. The minimum absolute atomic E-state index is 0. The van der Waals surface area contributed by atoms with Gasteiger partial charge in [0.15, 0.2) is 0 Å². The van der Waals surface area contributed by atoms with Crippen LogP contribution in [0, 0.1) is 18.3 Å². The number of halogens is 1. The Hall–Kier alpha value is -3.46. The lowest BCUT2D eigenvalue weighted by Crippen LogP contribution is -2.47. The molecule has 0 bridgehead atoms. The third-order valence-electron chi connectivity index (χ3n) is 6.20. The van der Waals surface area contributed by atoms with E-state index in [1.807, 2.05) is 31.2 Å². The molecule has 11 heteroatoms. The largest absolute Gasteiger partial charge is 0.412 e. The van der Waals surface area contributed by atoms with E-state index in [0.29, 0.717) is 40.7 Å². The number of carbonyl (C=O) groups is 1. The quantitative estimate of drug-likeness (QED) is 0.408. The highest BCUT2D eigenvalue weighted by Gasteiger charge is 2.20. The van der Waals surface area contributed by atoms with Crippen LogP contribution in [-0.4, -0.2) is 83.7 Å². The second kappa shape index (κ2) is 13.2. The maximum atomic E-state index is 13.0. The number of nitrogens with one attached hydrogen (secondary N) is 1. The van der Waals surface area contributed by atoms with Crippen molar-refractivity contribution in [2.24, 2.45) is 0 Å². The number of hydrogen-bond donors (Lipinski definition) is 2. The van der Waals surface area contributed by atoms with E-state index in [4.69, 9.17) is 21.4 Å². The lowest BCUT2D eigenvalue weighted by Gasteiger charge is -2.36. The number of aliphatic hydroxyl groups is 1. The van der Waals surface area contributed by atoms with Crippen molar-refractivity contribution in [2.75, 3.05) is 62.8 Å². The van der Waals surface area contributed by atoms with Crippen LogP contribution in [0.2, 0.25) is 5.02 Å². The number of nitriles is 1. The molecular weight excluding hydrogens is 496 g/mol. The maximum Gasteiger partial charge on any atom is 0.259 e. The summed E-state index contributed by atoms with van der Waals surface area (Å²) in [6.45, 7) is 6.96. The highest BCUT2D eigenvalue weighted by atomic mass is 35.5. The van der Waals surface area contributed by atoms with Gasteiger partial charge in [0.2, 0.25) is 0 Å². The van der Waals surface area contributed by atoms with E-state index >= 15 is 0 Å². The second-order valence-corrected chi connectivity index (χ2v) is 8.93. The van der Waals surface area contributed by atoms with Crippen molar-refractivity contribution in [2.45, 2.75) is 6.92 Å². The SMILES string of the molecule is Cc1c(C(=O)Nc2ccc(N3CCN(CCOCCO)CC3)c(C#N)c2)cnn1-c1ccc(Cl)cc1.O. The van der Waals surface area contributed by atoms with Crippen molar-refractivity contribution in [3.63, 3.8) is 0 Å². The Morgan fingerprint density at radius 1 is 1.16 bits per heavy atom. The number of piperazine rings is 1. The zero-order valence-electron chi connectivity index (χ0n) is 20.7. The molecule has 37 heavy (non-hydrogen) atoms. The summed E-state index contributed by atoms with van der Waals surface area (Å²) in [5, 5.41) is 26.5. The van der Waals surface area contributed by atoms with Crippen LogP contribution in [0.3, 0.4) is 0 Å². The normalized spacial score (nSPS) is 13.6. The van der Waals surface area contributed by atoms with Gasteiger partial charge in [-0.15, -0.1) is 0 Å². The summed E-state index contributed by atoms with van der Waals surface area (Å²) in [7, 11) is 0. The minimum atomic E-state index is -0.290. The van der Waals surface area contributed by atoms with E-state index in [1.165, 1.54) is 6.20 Å². The Bertz CT molecular complexity index is 1230. The Balaban J connectivity index is 0.00000380. The molecule has 1 aliphatic rings. The van der Waals surface area contributed by atoms with Crippen molar-refractivity contribution >= 4 is 28.9 Å². The molecule has 196 valence electrons. The number of nitrogens with zero attached hydrogens (tertiary/aromatic N) is 5. The van der Waals surface area contributed by atoms with Gasteiger partial charge >= 0.3 is 0 Å². The molecule has 4 N–H and O–H groups in total. The predicted molar refractivity (Wildman–Crippen MR) is 143 cm³/mol. The van der Waals surface area contributed by atoms with Crippen LogP contribution in [0.1, 0.15) is 21.6 Å². The topological polar surface area (TPSA) is 138 Å². The number of anilines is 2. The molecular formula is C26H31ClN6O4. The molecule has 1 fully saturated rings. The zero-order valence-corrected chi connectivity index (χ0v) is 21.4. The third-order valence-corrected chi connectivity index (χ3v) is 6.45. The molecule has 2 aromatic carbocycles. The van der Waals surface area contributed by atoms with Gasteiger partial charge in [0.25, 0.3) is 5.91 Å². The second-order valence-electron chi connectivity index (χ2n) is 8.49. The summed E-state index contributed by atoms with van der Waals surface area (Å²) < 4.78 is 7.04. The molecule has 1 aromatic heterocycles. The van der Waals surface area contributed by atoms with Crippen LogP contribution in [0.4, 0.5) is 11.4 Å². The van der Waals surface area contributed by atoms with Crippen molar-refractivity contribution in [3.8, 4) is 11.8 Å². The molecule has 0 aliphatic carbocycles. The number of rotatable bonds is 9. The van der Waals surface area contributed by atoms with E-state index in [0.717, 1.165) is 44.1 Å². The van der Waals surface area contributed by atoms with Gasteiger partial charge in [-0.25, -0.2) is 4.68 Å². The Kier molecular flexibility index (Phi) is 10.0. The van der Waals surface area contributed by atoms with Crippen LogP contribution >= 0.6 is 11.6 Å². The molecule has 0 spiro atoms. The number of aliphatic hydroxyl groups excluding tert-OH is 1. The molecule has 0 unspecified atom stereocenters. The number of amides is 1. The zero-order chi connectivity index (χ0) is 25.5. The van der Waals surface area contributed by atoms with E-state index in [1.54, 1.807) is 22.9 Å². The fraction of sp³-hybridized carbons (Fsp3) is 0.346. The van der Waals surface area contributed by atoms with Crippen molar-refractivity contribution in [1.82, 2.24) is 14.7 Å². The fourth-order valence-electron chi connectivity index (χ4n) is 4.23. The smallest absolute Gasteiger partial charge is 0.259 e. The molecule has 2 heterocycles. The van der Waals surface area contributed by atoms with Gasteiger partial charge in [-0.1, -0.05) is 11.6 Å². The molecule has 3 aromatic rings. The highest BCUT2D eigenvalue weighted by molar-refractivity contribution is 6.30. The van der Waals surface area contributed by atoms with Gasteiger partial charge in [0.05, 0.1) is 54.2 Å². The van der Waals surface area contributed by atoms with E-state index < -0.39 is 0 Å². The lowest BCUT2D eigenvalue weighted by atomic mass is 10.1. The average molecular weight is 527 g/mol. The van der Waals surface area contributed by atoms with Crippen LogP contribution in [0.25, 0.3) is 5.69 Å².